The van der Waals surface area contributed by atoms with Gasteiger partial charge >= 0.3 is 0 Å². The summed E-state index contributed by atoms with van der Waals surface area (Å²) in [7, 11) is 0. The summed E-state index contributed by atoms with van der Waals surface area (Å²) in [5.74, 6) is 0. The Balaban J connectivity index is 2.22. The summed E-state index contributed by atoms with van der Waals surface area (Å²) in [5, 5.41) is 10.3. The summed E-state index contributed by atoms with van der Waals surface area (Å²) in [4.78, 5) is 0. The van der Waals surface area contributed by atoms with Gasteiger partial charge in [0, 0.05) is 0 Å². The first kappa shape index (κ1) is 11.4. The van der Waals surface area contributed by atoms with Crippen molar-refractivity contribution >= 4 is 0 Å². The van der Waals surface area contributed by atoms with E-state index >= 15 is 0 Å². The van der Waals surface area contributed by atoms with Crippen molar-refractivity contribution in [3.05, 3.63) is 46.5 Å². The lowest BCUT2D eigenvalue weighted by Crippen LogP contribution is -2.05. The van der Waals surface area contributed by atoms with E-state index in [1.54, 1.807) is 0 Å². The number of aliphatic hydroxyl groups is 1. The minimum absolute atomic E-state index is 0.389. The van der Waals surface area contributed by atoms with Crippen LogP contribution >= 0.6 is 0 Å². The first-order valence-corrected chi connectivity index (χ1v) is 6.12. The van der Waals surface area contributed by atoms with Crippen LogP contribution in [0.1, 0.15) is 48.5 Å². The number of rotatable bonds is 2. The average molecular weight is 216 g/mol. The molecule has 0 heterocycles. The molecule has 86 valence electrons. The Hall–Kier alpha value is -1.08. The van der Waals surface area contributed by atoms with Gasteiger partial charge in [0.15, 0.2) is 0 Å². The summed E-state index contributed by atoms with van der Waals surface area (Å²) >= 11 is 0. The number of aryl methyl sites for hydroxylation is 2. The Morgan fingerprint density at radius 2 is 1.94 bits per heavy atom. The molecular formula is C15H20O. The molecule has 1 unspecified atom stereocenters. The van der Waals surface area contributed by atoms with Crippen molar-refractivity contribution < 1.29 is 5.11 Å². The van der Waals surface area contributed by atoms with Gasteiger partial charge in [-0.1, -0.05) is 24.3 Å². The zero-order chi connectivity index (χ0) is 11.5. The third-order valence-corrected chi connectivity index (χ3v) is 3.52. The van der Waals surface area contributed by atoms with E-state index in [1.807, 2.05) is 6.07 Å². The molecule has 1 nitrogen and oxygen atoms in total. The van der Waals surface area contributed by atoms with E-state index in [9.17, 15) is 5.11 Å². The van der Waals surface area contributed by atoms with E-state index in [0.29, 0.717) is 0 Å². The predicted octanol–water partition coefficient (Wildman–Crippen LogP) is 3.84. The van der Waals surface area contributed by atoms with E-state index in [0.717, 1.165) is 18.4 Å². The second kappa shape index (κ2) is 4.84. The molecule has 1 aliphatic carbocycles. The molecule has 0 amide bonds. The van der Waals surface area contributed by atoms with Crippen LogP contribution in [-0.4, -0.2) is 5.11 Å². The van der Waals surface area contributed by atoms with Crippen LogP contribution in [0.5, 0.6) is 0 Å². The second-order valence-electron chi connectivity index (χ2n) is 4.77. The number of aliphatic hydroxyl groups excluding tert-OH is 1. The molecule has 0 radical (unpaired) electrons. The molecule has 1 heteroatoms. The molecule has 0 fully saturated rings. The highest BCUT2D eigenvalue weighted by Gasteiger charge is 2.15. The standard InChI is InChI=1S/C15H20O/c1-11-8-9-14(10-12(11)2)15(16)13-6-4-3-5-7-13/h6,8-10,15-16H,3-5,7H2,1-2H3. The molecule has 1 atom stereocenters. The number of hydrogen-bond donors (Lipinski definition) is 1. The molecule has 0 saturated heterocycles. The van der Waals surface area contributed by atoms with Gasteiger partial charge in [0.25, 0.3) is 0 Å². The summed E-state index contributed by atoms with van der Waals surface area (Å²) in [6.07, 6.45) is 6.48. The van der Waals surface area contributed by atoms with Crippen LogP contribution in [0.15, 0.2) is 29.8 Å². The lowest BCUT2D eigenvalue weighted by Gasteiger charge is -2.19. The molecular weight excluding hydrogens is 196 g/mol. The zero-order valence-corrected chi connectivity index (χ0v) is 10.2. The zero-order valence-electron chi connectivity index (χ0n) is 10.2. The fraction of sp³-hybridized carbons (Fsp3) is 0.467. The van der Waals surface area contributed by atoms with Crippen molar-refractivity contribution in [3.8, 4) is 0 Å². The smallest absolute Gasteiger partial charge is 0.100 e. The maximum Gasteiger partial charge on any atom is 0.100 e. The first-order valence-electron chi connectivity index (χ1n) is 6.12. The van der Waals surface area contributed by atoms with Crippen LogP contribution in [0.4, 0.5) is 0 Å². The summed E-state index contributed by atoms with van der Waals surface area (Å²) in [5.41, 5.74) is 4.78. The molecule has 0 saturated carbocycles. The fourth-order valence-electron chi connectivity index (χ4n) is 2.26. The Bertz CT molecular complexity index is 404. The number of hydrogen-bond acceptors (Lipinski definition) is 1. The summed E-state index contributed by atoms with van der Waals surface area (Å²) < 4.78 is 0. The van der Waals surface area contributed by atoms with E-state index in [-0.39, 0.29) is 6.10 Å². The van der Waals surface area contributed by atoms with Crippen LogP contribution in [0.2, 0.25) is 0 Å². The van der Waals surface area contributed by atoms with Gasteiger partial charge < -0.3 is 5.11 Å². The minimum atomic E-state index is -0.389. The molecule has 1 N–H and O–H groups in total. The van der Waals surface area contributed by atoms with Crippen LogP contribution < -0.4 is 0 Å². The van der Waals surface area contributed by atoms with E-state index in [4.69, 9.17) is 0 Å². The van der Waals surface area contributed by atoms with Gasteiger partial charge in [-0.3, -0.25) is 0 Å². The van der Waals surface area contributed by atoms with Crippen molar-refractivity contribution in [1.82, 2.24) is 0 Å². The van der Waals surface area contributed by atoms with E-state index in [1.165, 1.54) is 29.5 Å². The summed E-state index contributed by atoms with van der Waals surface area (Å²) in [6, 6.07) is 6.25. The van der Waals surface area contributed by atoms with Crippen LogP contribution in [0.25, 0.3) is 0 Å². The Kier molecular flexibility index (Phi) is 3.45. The third kappa shape index (κ3) is 2.35. The molecule has 2 rings (SSSR count). The molecule has 1 aromatic carbocycles. The van der Waals surface area contributed by atoms with Gasteiger partial charge in [0.1, 0.15) is 6.10 Å². The number of benzene rings is 1. The van der Waals surface area contributed by atoms with Crippen molar-refractivity contribution in [2.45, 2.75) is 45.6 Å². The molecule has 1 aliphatic rings. The number of allylic oxidation sites excluding steroid dienone is 1. The molecule has 0 aromatic heterocycles. The lowest BCUT2D eigenvalue weighted by molar-refractivity contribution is 0.208. The molecule has 0 bridgehead atoms. The van der Waals surface area contributed by atoms with Crippen molar-refractivity contribution in [2.24, 2.45) is 0 Å². The van der Waals surface area contributed by atoms with Gasteiger partial charge in [0.05, 0.1) is 0 Å². The largest absolute Gasteiger partial charge is 0.384 e. The van der Waals surface area contributed by atoms with Crippen LogP contribution in [0.3, 0.4) is 0 Å². The maximum absolute atomic E-state index is 10.3. The second-order valence-corrected chi connectivity index (χ2v) is 4.77. The first-order chi connectivity index (χ1) is 7.68. The third-order valence-electron chi connectivity index (χ3n) is 3.52. The van der Waals surface area contributed by atoms with E-state index < -0.39 is 0 Å². The van der Waals surface area contributed by atoms with Crippen LogP contribution in [0, 0.1) is 13.8 Å². The summed E-state index contributed by atoms with van der Waals surface area (Å²) in [6.45, 7) is 4.20. The molecule has 0 spiro atoms. The topological polar surface area (TPSA) is 20.2 Å². The predicted molar refractivity (Wildman–Crippen MR) is 67.4 cm³/mol. The van der Waals surface area contributed by atoms with Crippen molar-refractivity contribution in [2.75, 3.05) is 0 Å². The van der Waals surface area contributed by atoms with Crippen molar-refractivity contribution in [3.63, 3.8) is 0 Å². The average Bonchev–Trinajstić information content (AvgIpc) is 2.33. The van der Waals surface area contributed by atoms with Crippen molar-refractivity contribution in [1.29, 1.82) is 0 Å². The highest BCUT2D eigenvalue weighted by molar-refractivity contribution is 5.34. The fourth-order valence-corrected chi connectivity index (χ4v) is 2.26. The van der Waals surface area contributed by atoms with E-state index in [2.05, 4.69) is 32.1 Å². The molecule has 0 aliphatic heterocycles. The Morgan fingerprint density at radius 1 is 1.12 bits per heavy atom. The Morgan fingerprint density at radius 3 is 2.56 bits per heavy atom. The minimum Gasteiger partial charge on any atom is -0.384 e. The van der Waals surface area contributed by atoms with Gasteiger partial charge in [-0.2, -0.15) is 0 Å². The van der Waals surface area contributed by atoms with Crippen LogP contribution in [-0.2, 0) is 0 Å². The highest BCUT2D eigenvalue weighted by atomic mass is 16.3. The lowest BCUT2D eigenvalue weighted by atomic mass is 9.91. The normalized spacial score (nSPS) is 18.1. The Labute approximate surface area is 97.8 Å². The van der Waals surface area contributed by atoms with Gasteiger partial charge in [0.2, 0.25) is 0 Å². The quantitative estimate of drug-likeness (QED) is 0.745. The maximum atomic E-state index is 10.3. The van der Waals surface area contributed by atoms with Gasteiger partial charge in [-0.25, -0.2) is 0 Å². The monoisotopic (exact) mass is 216 g/mol. The molecule has 1 aromatic rings. The van der Waals surface area contributed by atoms with Gasteiger partial charge in [-0.15, -0.1) is 0 Å². The highest BCUT2D eigenvalue weighted by Crippen LogP contribution is 2.30. The SMILES string of the molecule is Cc1ccc(C(O)C2=CCCCC2)cc1C. The van der Waals surface area contributed by atoms with Gasteiger partial charge in [-0.05, 0) is 61.8 Å². The molecule has 16 heavy (non-hydrogen) atoms.